The maximum absolute atomic E-state index is 3.06. The zero-order valence-corrected chi connectivity index (χ0v) is 10.8. The van der Waals surface area contributed by atoms with Gasteiger partial charge in [-0.15, -0.1) is 0 Å². The minimum atomic E-state index is 0. The van der Waals surface area contributed by atoms with Crippen molar-refractivity contribution >= 4 is 0 Å². The molecule has 2 rings (SSSR count). The number of halogens is 1. The lowest BCUT2D eigenvalue weighted by molar-refractivity contribution is -0.595. The van der Waals surface area contributed by atoms with Crippen molar-refractivity contribution < 1.29 is 21.5 Å². The fourth-order valence-corrected chi connectivity index (χ4v) is 2.01. The molecule has 0 aliphatic heterocycles. The molecule has 15 heavy (non-hydrogen) atoms. The standard InChI is InChI=1S/C12H14N2.BrH/c1-9-6-10(2)12(11(3)7-9)14-5-4-13-8-14;/h4-8H,1-3H3;1H. The van der Waals surface area contributed by atoms with Crippen molar-refractivity contribution in [3.63, 3.8) is 0 Å². The van der Waals surface area contributed by atoms with E-state index in [1.54, 1.807) is 0 Å². The Labute approximate surface area is 101 Å². The van der Waals surface area contributed by atoms with Crippen LogP contribution in [0, 0.1) is 20.8 Å². The van der Waals surface area contributed by atoms with Crippen molar-refractivity contribution in [1.29, 1.82) is 0 Å². The third-order valence-corrected chi connectivity index (χ3v) is 2.44. The van der Waals surface area contributed by atoms with Gasteiger partial charge in [0, 0.05) is 0 Å². The molecule has 0 fully saturated rings. The number of aromatic nitrogens is 2. The maximum Gasteiger partial charge on any atom is 0.246 e. The summed E-state index contributed by atoms with van der Waals surface area (Å²) in [5.41, 5.74) is 5.22. The summed E-state index contributed by atoms with van der Waals surface area (Å²) in [4.78, 5) is 3.06. The van der Waals surface area contributed by atoms with E-state index in [1.165, 1.54) is 22.4 Å². The number of nitrogens with zero attached hydrogens (tertiary/aromatic N) is 1. The highest BCUT2D eigenvalue weighted by Gasteiger charge is 2.09. The second kappa shape index (κ2) is 4.62. The Kier molecular flexibility index (Phi) is 3.69. The van der Waals surface area contributed by atoms with Gasteiger partial charge < -0.3 is 17.0 Å². The minimum Gasteiger partial charge on any atom is -1.00 e. The molecule has 80 valence electrons. The van der Waals surface area contributed by atoms with E-state index in [0.717, 1.165) is 0 Å². The molecule has 0 saturated carbocycles. The Morgan fingerprint density at radius 3 is 2.13 bits per heavy atom. The van der Waals surface area contributed by atoms with E-state index < -0.39 is 0 Å². The Morgan fingerprint density at radius 2 is 1.67 bits per heavy atom. The molecule has 1 heterocycles. The zero-order valence-electron chi connectivity index (χ0n) is 9.21. The van der Waals surface area contributed by atoms with Gasteiger partial charge >= 0.3 is 0 Å². The molecular formula is C12H15BrN2. The molecule has 0 aliphatic carbocycles. The van der Waals surface area contributed by atoms with Gasteiger partial charge in [0.05, 0.1) is 0 Å². The van der Waals surface area contributed by atoms with Crippen LogP contribution >= 0.6 is 0 Å². The molecule has 3 heteroatoms. The summed E-state index contributed by atoms with van der Waals surface area (Å²) in [6, 6.07) is 4.42. The summed E-state index contributed by atoms with van der Waals surface area (Å²) < 4.78 is 2.12. The van der Waals surface area contributed by atoms with Crippen molar-refractivity contribution in [2.45, 2.75) is 20.8 Å². The van der Waals surface area contributed by atoms with E-state index in [4.69, 9.17) is 0 Å². The Hall–Kier alpha value is -1.09. The summed E-state index contributed by atoms with van der Waals surface area (Å²) in [6.07, 6.45) is 5.92. The van der Waals surface area contributed by atoms with E-state index >= 15 is 0 Å². The SMILES string of the molecule is Cc1cc(C)c(-[n+]2cc[nH]c2)c(C)c1.[Br-]. The highest BCUT2D eigenvalue weighted by molar-refractivity contribution is 5.42. The summed E-state index contributed by atoms with van der Waals surface area (Å²) in [7, 11) is 0. The van der Waals surface area contributed by atoms with Crippen LogP contribution in [0.2, 0.25) is 0 Å². The largest absolute Gasteiger partial charge is 1.00 e. The molecule has 0 unspecified atom stereocenters. The van der Waals surface area contributed by atoms with E-state index in [0.29, 0.717) is 0 Å². The third kappa shape index (κ3) is 2.29. The van der Waals surface area contributed by atoms with Gasteiger partial charge in [-0.1, -0.05) is 17.7 Å². The fraction of sp³-hybridized carbons (Fsp3) is 0.250. The first-order chi connectivity index (χ1) is 6.68. The van der Waals surface area contributed by atoms with Crippen molar-refractivity contribution in [2.24, 2.45) is 0 Å². The molecule has 1 aromatic carbocycles. The summed E-state index contributed by atoms with van der Waals surface area (Å²) in [5, 5.41) is 0. The highest BCUT2D eigenvalue weighted by atomic mass is 79.9. The monoisotopic (exact) mass is 266 g/mol. The van der Waals surface area contributed by atoms with Gasteiger partial charge in [-0.2, -0.15) is 0 Å². The number of imidazole rings is 1. The van der Waals surface area contributed by atoms with Gasteiger partial charge in [-0.3, -0.25) is 0 Å². The average molecular weight is 267 g/mol. The molecule has 0 bridgehead atoms. The molecule has 0 aliphatic rings. The Bertz CT molecular complexity index is 424. The molecule has 2 aromatic rings. The topological polar surface area (TPSA) is 19.7 Å². The molecular weight excluding hydrogens is 252 g/mol. The first-order valence-electron chi connectivity index (χ1n) is 4.81. The number of rotatable bonds is 1. The number of aromatic amines is 1. The molecule has 1 aromatic heterocycles. The fourth-order valence-electron chi connectivity index (χ4n) is 2.01. The zero-order chi connectivity index (χ0) is 10.1. The second-order valence-corrected chi connectivity index (χ2v) is 3.77. The minimum absolute atomic E-state index is 0. The van der Waals surface area contributed by atoms with E-state index in [2.05, 4.69) is 42.5 Å². The predicted molar refractivity (Wildman–Crippen MR) is 56.5 cm³/mol. The number of aryl methyl sites for hydroxylation is 3. The van der Waals surface area contributed by atoms with Gasteiger partial charge in [-0.25, -0.2) is 9.55 Å². The van der Waals surface area contributed by atoms with Gasteiger partial charge in [0.25, 0.3) is 0 Å². The number of hydrogen-bond donors (Lipinski definition) is 1. The smallest absolute Gasteiger partial charge is 0.246 e. The van der Waals surface area contributed by atoms with Crippen molar-refractivity contribution in [1.82, 2.24) is 4.98 Å². The van der Waals surface area contributed by atoms with Crippen molar-refractivity contribution in [2.75, 3.05) is 0 Å². The lowest BCUT2D eigenvalue weighted by Crippen LogP contribution is -3.00. The van der Waals surface area contributed by atoms with Crippen LogP contribution in [-0.4, -0.2) is 4.98 Å². The quantitative estimate of drug-likeness (QED) is 0.654. The van der Waals surface area contributed by atoms with Crippen LogP contribution in [0.15, 0.2) is 30.9 Å². The lowest BCUT2D eigenvalue weighted by atomic mass is 10.1. The van der Waals surface area contributed by atoms with Crippen LogP contribution in [0.4, 0.5) is 0 Å². The van der Waals surface area contributed by atoms with Gasteiger partial charge in [0.2, 0.25) is 6.33 Å². The highest BCUT2D eigenvalue weighted by Crippen LogP contribution is 2.15. The summed E-state index contributed by atoms with van der Waals surface area (Å²) >= 11 is 0. The van der Waals surface area contributed by atoms with E-state index in [9.17, 15) is 0 Å². The molecule has 1 N–H and O–H groups in total. The number of hydrogen-bond acceptors (Lipinski definition) is 0. The van der Waals surface area contributed by atoms with Crippen molar-refractivity contribution in [3.8, 4) is 5.69 Å². The van der Waals surface area contributed by atoms with Crippen LogP contribution in [0.1, 0.15) is 16.7 Å². The Morgan fingerprint density at radius 1 is 1.07 bits per heavy atom. The molecule has 2 nitrogen and oxygen atoms in total. The van der Waals surface area contributed by atoms with Crippen LogP contribution in [-0.2, 0) is 0 Å². The van der Waals surface area contributed by atoms with E-state index in [-0.39, 0.29) is 17.0 Å². The molecule has 0 radical (unpaired) electrons. The molecule has 0 amide bonds. The summed E-state index contributed by atoms with van der Waals surface area (Å²) in [5.74, 6) is 0. The maximum atomic E-state index is 3.06. The average Bonchev–Trinajstić information content (AvgIpc) is 2.54. The molecule has 0 atom stereocenters. The van der Waals surface area contributed by atoms with Gasteiger partial charge in [0.15, 0.2) is 0 Å². The number of nitrogens with one attached hydrogen (secondary N) is 1. The second-order valence-electron chi connectivity index (χ2n) is 3.77. The number of benzene rings is 1. The third-order valence-electron chi connectivity index (χ3n) is 2.44. The first-order valence-corrected chi connectivity index (χ1v) is 4.81. The van der Waals surface area contributed by atoms with Crippen molar-refractivity contribution in [3.05, 3.63) is 47.5 Å². The predicted octanol–water partition coefficient (Wildman–Crippen LogP) is -0.779. The van der Waals surface area contributed by atoms with Crippen LogP contribution < -0.4 is 21.5 Å². The Balaban J connectivity index is 0.00000112. The first kappa shape index (κ1) is 12.0. The normalized spacial score (nSPS) is 9.80. The van der Waals surface area contributed by atoms with E-state index in [1.807, 2.05) is 18.7 Å². The van der Waals surface area contributed by atoms with Gasteiger partial charge in [0.1, 0.15) is 18.1 Å². The summed E-state index contributed by atoms with van der Waals surface area (Å²) in [6.45, 7) is 6.43. The lowest BCUT2D eigenvalue weighted by Gasteiger charge is -2.06. The van der Waals surface area contributed by atoms with Gasteiger partial charge in [-0.05, 0) is 31.9 Å². The van der Waals surface area contributed by atoms with Crippen LogP contribution in [0.3, 0.4) is 0 Å². The molecule has 0 saturated heterocycles. The molecule has 0 spiro atoms. The van der Waals surface area contributed by atoms with Crippen LogP contribution in [0.5, 0.6) is 0 Å². The number of H-pyrrole nitrogens is 1. The van der Waals surface area contributed by atoms with Crippen LogP contribution in [0.25, 0.3) is 5.69 Å².